The zero-order valence-electron chi connectivity index (χ0n) is 33.1. The van der Waals surface area contributed by atoms with Crippen molar-refractivity contribution in [1.29, 1.82) is 0 Å². The molecule has 0 aliphatic heterocycles. The Morgan fingerprint density at radius 1 is 0.279 bits per heavy atom. The summed E-state index contributed by atoms with van der Waals surface area (Å²) in [5.74, 6) is 0.816. The number of hydrogen-bond donors (Lipinski definition) is 0. The molecule has 286 valence electrons. The second-order valence-corrected chi connectivity index (χ2v) is 15.6. The van der Waals surface area contributed by atoms with E-state index in [0.717, 1.165) is 83.2 Å². The van der Waals surface area contributed by atoms with Gasteiger partial charge in [-0.25, -0.2) is 0 Å². The zero-order chi connectivity index (χ0) is 40.3. The third-order valence-corrected chi connectivity index (χ3v) is 12.1. The van der Waals surface area contributed by atoms with Gasteiger partial charge in [-0.15, -0.1) is 0 Å². The van der Waals surface area contributed by atoms with Crippen molar-refractivity contribution < 1.29 is 8.83 Å². The maximum Gasteiger partial charge on any atom is 0.143 e. The lowest BCUT2D eigenvalue weighted by Crippen LogP contribution is -2.09. The molecule has 0 aliphatic rings. The van der Waals surface area contributed by atoms with Gasteiger partial charge in [-0.05, 0) is 98.6 Å². The van der Waals surface area contributed by atoms with Crippen molar-refractivity contribution in [2.24, 2.45) is 0 Å². The van der Waals surface area contributed by atoms with E-state index in [9.17, 15) is 0 Å². The Morgan fingerprint density at radius 3 is 1.30 bits per heavy atom. The topological polar surface area (TPSA) is 29.5 Å². The number of nitrogens with zero attached hydrogens (tertiary/aromatic N) is 1. The molecule has 12 aromatic rings. The van der Waals surface area contributed by atoms with E-state index < -0.39 is 0 Å². The van der Waals surface area contributed by atoms with Gasteiger partial charge in [0.05, 0.1) is 0 Å². The minimum absolute atomic E-state index is 0.816. The summed E-state index contributed by atoms with van der Waals surface area (Å²) in [6.45, 7) is 0. The largest absolute Gasteiger partial charge is 0.456 e. The lowest BCUT2D eigenvalue weighted by Gasteiger charge is -2.26. The molecule has 0 bridgehead atoms. The second kappa shape index (κ2) is 14.3. The number of para-hydroxylation sites is 1. The van der Waals surface area contributed by atoms with E-state index in [-0.39, 0.29) is 0 Å². The molecule has 0 atom stereocenters. The van der Waals surface area contributed by atoms with Gasteiger partial charge in [0.25, 0.3) is 0 Å². The zero-order valence-corrected chi connectivity index (χ0v) is 33.1. The fraction of sp³-hybridized carbons (Fsp3) is 0. The number of anilines is 3. The Morgan fingerprint density at radius 2 is 0.705 bits per heavy atom. The third-order valence-electron chi connectivity index (χ3n) is 12.1. The maximum atomic E-state index is 7.14. The van der Waals surface area contributed by atoms with Crippen LogP contribution >= 0.6 is 0 Å². The normalized spacial score (nSPS) is 11.6. The van der Waals surface area contributed by atoms with Gasteiger partial charge in [-0.3, -0.25) is 0 Å². The summed E-state index contributed by atoms with van der Waals surface area (Å²) in [5, 5.41) is 7.93. The van der Waals surface area contributed by atoms with Crippen molar-refractivity contribution in [1.82, 2.24) is 0 Å². The van der Waals surface area contributed by atoms with E-state index in [4.69, 9.17) is 8.83 Å². The average Bonchev–Trinajstić information content (AvgIpc) is 3.93. The molecule has 0 amide bonds. The second-order valence-electron chi connectivity index (χ2n) is 15.6. The first kappa shape index (κ1) is 34.9. The van der Waals surface area contributed by atoms with E-state index in [1.54, 1.807) is 0 Å². The van der Waals surface area contributed by atoms with Gasteiger partial charge in [0, 0.05) is 49.7 Å². The molecule has 0 radical (unpaired) electrons. The maximum absolute atomic E-state index is 7.14. The Hall–Kier alpha value is -8.14. The first-order chi connectivity index (χ1) is 30.2. The first-order valence-electron chi connectivity index (χ1n) is 20.7. The molecule has 0 fully saturated rings. The predicted molar refractivity (Wildman–Crippen MR) is 255 cm³/mol. The molecule has 3 heteroatoms. The average molecular weight is 780 g/mol. The molecule has 0 N–H and O–H groups in total. The summed E-state index contributed by atoms with van der Waals surface area (Å²) in [5.41, 5.74) is 13.6. The summed E-state index contributed by atoms with van der Waals surface area (Å²) in [6.07, 6.45) is 0. The quantitative estimate of drug-likeness (QED) is 0.151. The van der Waals surface area contributed by atoms with Crippen LogP contribution in [-0.4, -0.2) is 0 Å². The molecule has 0 aliphatic carbocycles. The molecular weight excluding hydrogens is 743 g/mol. The van der Waals surface area contributed by atoms with Crippen LogP contribution in [0.4, 0.5) is 17.1 Å². The number of hydrogen-bond acceptors (Lipinski definition) is 3. The van der Waals surface area contributed by atoms with E-state index in [1.165, 1.54) is 33.0 Å². The van der Waals surface area contributed by atoms with Crippen LogP contribution in [-0.2, 0) is 0 Å². The third kappa shape index (κ3) is 5.90. The van der Waals surface area contributed by atoms with Crippen molar-refractivity contribution in [3.8, 4) is 44.7 Å². The fourth-order valence-electron chi connectivity index (χ4n) is 9.17. The van der Waals surface area contributed by atoms with Gasteiger partial charge < -0.3 is 13.7 Å². The highest BCUT2D eigenvalue weighted by molar-refractivity contribution is 6.28. The summed E-state index contributed by atoms with van der Waals surface area (Å²) in [6, 6.07) is 79.7. The molecule has 61 heavy (non-hydrogen) atoms. The number of furan rings is 2. The molecule has 0 saturated heterocycles. The van der Waals surface area contributed by atoms with Crippen molar-refractivity contribution in [3.05, 3.63) is 224 Å². The molecule has 2 aromatic heterocycles. The Bertz CT molecular complexity index is 3460. The van der Waals surface area contributed by atoms with Crippen LogP contribution < -0.4 is 4.90 Å². The fourth-order valence-corrected chi connectivity index (χ4v) is 9.17. The Kier molecular flexibility index (Phi) is 8.17. The highest BCUT2D eigenvalue weighted by Gasteiger charge is 2.24. The van der Waals surface area contributed by atoms with Crippen molar-refractivity contribution in [2.45, 2.75) is 0 Å². The lowest BCUT2D eigenvalue weighted by atomic mass is 9.92. The summed E-state index contributed by atoms with van der Waals surface area (Å²) < 4.78 is 13.6. The minimum atomic E-state index is 0.816. The monoisotopic (exact) mass is 779 g/mol. The first-order valence-corrected chi connectivity index (χ1v) is 20.7. The van der Waals surface area contributed by atoms with Crippen molar-refractivity contribution in [2.75, 3.05) is 4.90 Å². The van der Waals surface area contributed by atoms with E-state index in [1.807, 2.05) is 12.1 Å². The van der Waals surface area contributed by atoms with Gasteiger partial charge in [-0.2, -0.15) is 0 Å². The van der Waals surface area contributed by atoms with Crippen LogP contribution in [0.25, 0.3) is 99.2 Å². The molecule has 12 rings (SSSR count). The summed E-state index contributed by atoms with van der Waals surface area (Å²) >= 11 is 0. The number of rotatable bonds is 7. The number of fused-ring (bicyclic) bond motifs is 9. The summed E-state index contributed by atoms with van der Waals surface area (Å²) in [7, 11) is 0. The van der Waals surface area contributed by atoms with Crippen LogP contribution in [0, 0.1) is 0 Å². The van der Waals surface area contributed by atoms with Crippen LogP contribution in [0.1, 0.15) is 0 Å². The highest BCUT2D eigenvalue weighted by atomic mass is 16.3. The van der Waals surface area contributed by atoms with Crippen LogP contribution in [0.15, 0.2) is 233 Å². The smallest absolute Gasteiger partial charge is 0.143 e. The van der Waals surface area contributed by atoms with Crippen molar-refractivity contribution >= 4 is 71.5 Å². The highest BCUT2D eigenvalue weighted by Crippen LogP contribution is 2.49. The van der Waals surface area contributed by atoms with Crippen LogP contribution in [0.5, 0.6) is 0 Å². The molecule has 3 nitrogen and oxygen atoms in total. The molecule has 0 unspecified atom stereocenters. The van der Waals surface area contributed by atoms with Crippen LogP contribution in [0.3, 0.4) is 0 Å². The molecule has 0 saturated carbocycles. The van der Waals surface area contributed by atoms with E-state index >= 15 is 0 Å². The Balaban J connectivity index is 1.04. The van der Waals surface area contributed by atoms with E-state index in [2.05, 4.69) is 217 Å². The molecule has 10 aromatic carbocycles. The standard InChI is InChI=1S/C58H37NO2/c1-3-13-38(14-4-1)40-23-30-44(31-24-40)59(45-32-25-41(26-33-45)39-15-5-2-6-16-39)46-34-27-42(28-35-46)55-56-51-20-9-7-17-47(51)48-18-8-10-21-52(48)58(56)61-57(55)43-29-36-50-49-19-11-12-22-53(49)60-54(50)37-43/h1-37H. The van der Waals surface area contributed by atoms with Gasteiger partial charge in [0.2, 0.25) is 0 Å². The molecular formula is C58H37NO2. The molecule has 2 heterocycles. The lowest BCUT2D eigenvalue weighted by molar-refractivity contribution is 0.635. The van der Waals surface area contributed by atoms with Crippen molar-refractivity contribution in [3.63, 3.8) is 0 Å². The summed E-state index contributed by atoms with van der Waals surface area (Å²) in [4.78, 5) is 2.33. The number of benzene rings is 10. The SMILES string of the molecule is c1ccc(-c2ccc(N(c3ccc(-c4ccccc4)cc3)c3ccc(-c4c(-c5ccc6c(c5)oc5ccccc56)oc5c6ccccc6c6ccccc6c45)cc3)cc2)cc1. The molecule has 0 spiro atoms. The van der Waals surface area contributed by atoms with Gasteiger partial charge in [-0.1, -0.05) is 170 Å². The van der Waals surface area contributed by atoms with Gasteiger partial charge in [0.15, 0.2) is 0 Å². The van der Waals surface area contributed by atoms with E-state index in [0.29, 0.717) is 0 Å². The minimum Gasteiger partial charge on any atom is -0.456 e. The van der Waals surface area contributed by atoms with Gasteiger partial charge >= 0.3 is 0 Å². The van der Waals surface area contributed by atoms with Crippen LogP contribution in [0.2, 0.25) is 0 Å². The predicted octanol–water partition coefficient (Wildman–Crippen LogP) is 16.8. The Labute approximate surface area is 353 Å². The van der Waals surface area contributed by atoms with Gasteiger partial charge in [0.1, 0.15) is 22.5 Å².